The Bertz CT molecular complexity index is 744. The van der Waals surface area contributed by atoms with Gasteiger partial charge in [0.2, 0.25) is 0 Å². The van der Waals surface area contributed by atoms with Gasteiger partial charge in [-0.25, -0.2) is 9.59 Å². The Morgan fingerprint density at radius 1 is 0.846 bits per heavy atom. The molecule has 0 aromatic heterocycles. The quantitative estimate of drug-likeness (QED) is 0.474. The summed E-state index contributed by atoms with van der Waals surface area (Å²) in [5.74, 6) is -0.140. The minimum atomic E-state index is -0.837. The van der Waals surface area contributed by atoms with E-state index < -0.39 is 24.3 Å². The zero-order valence-corrected chi connectivity index (χ0v) is 15.8. The molecule has 0 saturated heterocycles. The predicted molar refractivity (Wildman–Crippen MR) is 99.0 cm³/mol. The van der Waals surface area contributed by atoms with Gasteiger partial charge in [-0.2, -0.15) is 0 Å². The molecule has 5 nitrogen and oxygen atoms in total. The molecule has 0 saturated carbocycles. The second kappa shape index (κ2) is 9.46. The van der Waals surface area contributed by atoms with Crippen LogP contribution in [0.2, 0.25) is 10.0 Å². The summed E-state index contributed by atoms with van der Waals surface area (Å²) in [5, 5.41) is 1.08. The Hall–Kier alpha value is -2.24. The molecule has 0 bridgehead atoms. The Kier molecular flexibility index (Phi) is 7.30. The highest BCUT2D eigenvalue weighted by molar-refractivity contribution is 6.30. The molecule has 2 aromatic carbocycles. The van der Waals surface area contributed by atoms with Crippen molar-refractivity contribution in [3.8, 4) is 5.75 Å². The van der Waals surface area contributed by atoms with Crippen molar-refractivity contribution in [2.24, 2.45) is 0 Å². The number of hydrogen-bond donors (Lipinski definition) is 0. The van der Waals surface area contributed by atoms with Crippen LogP contribution < -0.4 is 4.74 Å². The molecule has 0 spiro atoms. The lowest BCUT2D eigenvalue weighted by molar-refractivity contribution is 0.0124. The molecule has 0 radical (unpaired) electrons. The van der Waals surface area contributed by atoms with Gasteiger partial charge in [0.05, 0.1) is 5.56 Å². The SMILES string of the molecule is CC(CC(C)OC(=O)c1ccc(Cl)cc1)OC(=O)Oc1ccc(Cl)cc1. The Labute approximate surface area is 161 Å². The summed E-state index contributed by atoms with van der Waals surface area (Å²) in [6, 6.07) is 12.7. The first-order chi connectivity index (χ1) is 12.3. The van der Waals surface area contributed by atoms with E-state index in [1.54, 1.807) is 62.4 Å². The number of carbonyl (C=O) groups excluding carboxylic acids is 2. The molecule has 7 heteroatoms. The third-order valence-corrected chi connectivity index (χ3v) is 3.87. The fourth-order valence-electron chi connectivity index (χ4n) is 2.19. The van der Waals surface area contributed by atoms with E-state index in [1.165, 1.54) is 0 Å². The molecule has 0 fully saturated rings. The van der Waals surface area contributed by atoms with Crippen LogP contribution in [0.3, 0.4) is 0 Å². The number of rotatable bonds is 6. The summed E-state index contributed by atoms with van der Waals surface area (Å²) in [7, 11) is 0. The molecule has 138 valence electrons. The van der Waals surface area contributed by atoms with Crippen molar-refractivity contribution in [1.29, 1.82) is 0 Å². The molecular weight excluding hydrogens is 379 g/mol. The summed E-state index contributed by atoms with van der Waals surface area (Å²) in [4.78, 5) is 23.8. The van der Waals surface area contributed by atoms with E-state index in [1.807, 2.05) is 0 Å². The fourth-order valence-corrected chi connectivity index (χ4v) is 2.44. The van der Waals surface area contributed by atoms with Gasteiger partial charge in [-0.1, -0.05) is 23.2 Å². The Morgan fingerprint density at radius 3 is 1.92 bits per heavy atom. The van der Waals surface area contributed by atoms with Crippen molar-refractivity contribution >= 4 is 35.3 Å². The van der Waals surface area contributed by atoms with Crippen LogP contribution in [0.15, 0.2) is 48.5 Å². The maximum Gasteiger partial charge on any atom is 0.514 e. The smallest absolute Gasteiger partial charge is 0.459 e. The molecule has 0 N–H and O–H groups in total. The standard InChI is InChI=1S/C19H18Cl2O5/c1-12(24-18(22)14-3-5-15(20)6-4-14)11-13(2)25-19(23)26-17-9-7-16(21)8-10-17/h3-10,12-13H,11H2,1-2H3. The van der Waals surface area contributed by atoms with Crippen LogP contribution in [0.25, 0.3) is 0 Å². The summed E-state index contributed by atoms with van der Waals surface area (Å²) < 4.78 is 15.5. The second-order valence-electron chi connectivity index (χ2n) is 5.69. The molecule has 26 heavy (non-hydrogen) atoms. The molecule has 2 atom stereocenters. The van der Waals surface area contributed by atoms with Crippen LogP contribution in [0, 0.1) is 0 Å². The Balaban J connectivity index is 1.77. The number of esters is 1. The van der Waals surface area contributed by atoms with Crippen molar-refractivity contribution in [2.75, 3.05) is 0 Å². The van der Waals surface area contributed by atoms with Crippen LogP contribution in [0.4, 0.5) is 4.79 Å². The molecule has 0 aliphatic carbocycles. The maximum absolute atomic E-state index is 12.0. The summed E-state index contributed by atoms with van der Waals surface area (Å²) in [6.07, 6.45) is -1.45. The van der Waals surface area contributed by atoms with E-state index in [0.717, 1.165) is 0 Å². The van der Waals surface area contributed by atoms with Crippen LogP contribution in [-0.2, 0) is 9.47 Å². The largest absolute Gasteiger partial charge is 0.514 e. The van der Waals surface area contributed by atoms with Crippen LogP contribution >= 0.6 is 23.2 Å². The van der Waals surface area contributed by atoms with Gasteiger partial charge in [0.1, 0.15) is 18.0 Å². The highest BCUT2D eigenvalue weighted by atomic mass is 35.5. The first kappa shape index (κ1) is 20.1. The molecule has 0 amide bonds. The first-order valence-corrected chi connectivity index (χ1v) is 8.69. The lowest BCUT2D eigenvalue weighted by atomic mass is 10.2. The zero-order chi connectivity index (χ0) is 19.1. The fraction of sp³-hybridized carbons (Fsp3) is 0.263. The maximum atomic E-state index is 12.0. The molecule has 2 rings (SSSR count). The van der Waals surface area contributed by atoms with Gasteiger partial charge >= 0.3 is 12.1 Å². The molecule has 0 aliphatic heterocycles. The highest BCUT2D eigenvalue weighted by Crippen LogP contribution is 2.17. The van der Waals surface area contributed by atoms with E-state index in [-0.39, 0.29) is 0 Å². The number of hydrogen-bond acceptors (Lipinski definition) is 5. The topological polar surface area (TPSA) is 61.8 Å². The summed E-state index contributed by atoms with van der Waals surface area (Å²) in [6.45, 7) is 3.41. The minimum absolute atomic E-state index is 0.328. The second-order valence-corrected chi connectivity index (χ2v) is 6.57. The summed E-state index contributed by atoms with van der Waals surface area (Å²) >= 11 is 11.5. The van der Waals surface area contributed by atoms with Crippen molar-refractivity contribution in [3.05, 3.63) is 64.1 Å². The molecular formula is C19H18Cl2O5. The third kappa shape index (κ3) is 6.58. The first-order valence-electron chi connectivity index (χ1n) is 7.94. The molecule has 2 unspecified atom stereocenters. The average Bonchev–Trinajstić information content (AvgIpc) is 2.57. The number of ether oxygens (including phenoxy) is 3. The van der Waals surface area contributed by atoms with E-state index in [9.17, 15) is 9.59 Å². The van der Waals surface area contributed by atoms with E-state index in [0.29, 0.717) is 27.8 Å². The minimum Gasteiger partial charge on any atom is -0.459 e. The van der Waals surface area contributed by atoms with E-state index >= 15 is 0 Å². The third-order valence-electron chi connectivity index (χ3n) is 3.36. The van der Waals surface area contributed by atoms with E-state index in [2.05, 4.69) is 0 Å². The van der Waals surface area contributed by atoms with E-state index in [4.69, 9.17) is 37.4 Å². The summed E-state index contributed by atoms with van der Waals surface area (Å²) in [5.41, 5.74) is 0.400. The number of benzene rings is 2. The van der Waals surface area contributed by atoms with Crippen molar-refractivity contribution < 1.29 is 23.8 Å². The monoisotopic (exact) mass is 396 g/mol. The number of halogens is 2. The van der Waals surface area contributed by atoms with Crippen molar-refractivity contribution in [2.45, 2.75) is 32.5 Å². The highest BCUT2D eigenvalue weighted by Gasteiger charge is 2.18. The van der Waals surface area contributed by atoms with Gasteiger partial charge in [-0.15, -0.1) is 0 Å². The number of carbonyl (C=O) groups is 2. The van der Waals surface area contributed by atoms with Gasteiger partial charge in [-0.05, 0) is 62.4 Å². The average molecular weight is 397 g/mol. The zero-order valence-electron chi connectivity index (χ0n) is 14.3. The van der Waals surface area contributed by atoms with Crippen molar-refractivity contribution in [1.82, 2.24) is 0 Å². The van der Waals surface area contributed by atoms with Crippen LogP contribution in [0.1, 0.15) is 30.6 Å². The molecule has 0 heterocycles. The normalized spacial score (nSPS) is 12.8. The molecule has 2 aromatic rings. The van der Waals surface area contributed by atoms with Gasteiger partial charge in [0, 0.05) is 16.5 Å². The lowest BCUT2D eigenvalue weighted by Gasteiger charge is -2.18. The van der Waals surface area contributed by atoms with Gasteiger partial charge in [0.25, 0.3) is 0 Å². The van der Waals surface area contributed by atoms with Crippen molar-refractivity contribution in [3.63, 3.8) is 0 Å². The van der Waals surface area contributed by atoms with Gasteiger partial charge in [0.15, 0.2) is 0 Å². The van der Waals surface area contributed by atoms with Gasteiger partial charge in [-0.3, -0.25) is 0 Å². The van der Waals surface area contributed by atoms with Crippen LogP contribution in [0.5, 0.6) is 5.75 Å². The lowest BCUT2D eigenvalue weighted by Crippen LogP contribution is -2.25. The predicted octanol–water partition coefficient (Wildman–Crippen LogP) is 5.53. The van der Waals surface area contributed by atoms with Crippen LogP contribution in [-0.4, -0.2) is 24.3 Å². The molecule has 0 aliphatic rings. The van der Waals surface area contributed by atoms with Gasteiger partial charge < -0.3 is 14.2 Å². The Morgan fingerprint density at radius 2 is 1.35 bits per heavy atom.